The van der Waals surface area contributed by atoms with Crippen LogP contribution in [0.3, 0.4) is 0 Å². The summed E-state index contributed by atoms with van der Waals surface area (Å²) >= 11 is 5.84. The lowest BCUT2D eigenvalue weighted by Gasteiger charge is -2.37. The molecule has 29 heavy (non-hydrogen) atoms. The van der Waals surface area contributed by atoms with E-state index in [2.05, 4.69) is 28.8 Å². The van der Waals surface area contributed by atoms with Crippen LogP contribution in [0.25, 0.3) is 0 Å². The van der Waals surface area contributed by atoms with E-state index in [-0.39, 0.29) is 22.8 Å². The molecule has 1 amide bonds. The average molecular weight is 446 g/mol. The number of carbonyl (C=O) groups is 1. The molecule has 1 aromatic carbocycles. The molecule has 164 valence electrons. The topological polar surface area (TPSA) is 87.7 Å². The fraction of sp³-hybridized carbons (Fsp3) is 0.650. The lowest BCUT2D eigenvalue weighted by atomic mass is 10.0. The third-order valence-electron chi connectivity index (χ3n) is 5.12. The molecule has 1 saturated heterocycles. The van der Waals surface area contributed by atoms with Gasteiger partial charge in [0, 0.05) is 30.7 Å². The summed E-state index contributed by atoms with van der Waals surface area (Å²) in [6.07, 6.45) is 0. The van der Waals surface area contributed by atoms with Crippen molar-refractivity contribution in [2.24, 2.45) is 11.8 Å². The zero-order valence-corrected chi connectivity index (χ0v) is 19.1. The summed E-state index contributed by atoms with van der Waals surface area (Å²) in [7, 11) is -3.84. The zero-order valence-electron chi connectivity index (χ0n) is 17.5. The van der Waals surface area contributed by atoms with Crippen molar-refractivity contribution in [2.75, 3.05) is 32.8 Å². The normalized spacial score (nSPS) is 18.0. The lowest BCUT2D eigenvalue weighted by molar-refractivity contribution is -0.124. The summed E-state index contributed by atoms with van der Waals surface area (Å²) in [5.74, 6) is -0.189. The third kappa shape index (κ3) is 6.93. The molecule has 9 heteroatoms. The maximum Gasteiger partial charge on any atom is 0.241 e. The van der Waals surface area contributed by atoms with Gasteiger partial charge in [-0.1, -0.05) is 39.3 Å². The SMILES string of the molecule is CC(C)[C@@H](NS(=O)(=O)c1ccc(Cl)cc1)C(=O)NC[C@@H](C(C)C)N1CCOCC1. The molecule has 1 fully saturated rings. The van der Waals surface area contributed by atoms with E-state index in [1.807, 2.05) is 13.8 Å². The molecule has 1 aliphatic rings. The molecule has 0 saturated carbocycles. The highest BCUT2D eigenvalue weighted by Crippen LogP contribution is 2.16. The van der Waals surface area contributed by atoms with Crippen LogP contribution in [0.2, 0.25) is 5.02 Å². The Morgan fingerprint density at radius 1 is 1.10 bits per heavy atom. The number of halogens is 1. The molecule has 0 aromatic heterocycles. The van der Waals surface area contributed by atoms with Crippen LogP contribution >= 0.6 is 11.6 Å². The first-order valence-corrected chi connectivity index (χ1v) is 11.9. The van der Waals surface area contributed by atoms with Crippen LogP contribution in [0.15, 0.2) is 29.2 Å². The first kappa shape index (κ1) is 24.1. The van der Waals surface area contributed by atoms with Gasteiger partial charge in [-0.15, -0.1) is 0 Å². The van der Waals surface area contributed by atoms with E-state index >= 15 is 0 Å². The van der Waals surface area contributed by atoms with Crippen LogP contribution < -0.4 is 10.0 Å². The standard InChI is InChI=1S/C20H32ClN3O4S/c1-14(2)18(24-9-11-28-12-10-24)13-22-20(25)19(15(3)4)23-29(26,27)17-7-5-16(21)6-8-17/h5-8,14-15,18-19,23H,9-13H2,1-4H3,(H,22,25)/t18-,19+/m0/s1. The van der Waals surface area contributed by atoms with Gasteiger partial charge in [-0.3, -0.25) is 9.69 Å². The van der Waals surface area contributed by atoms with E-state index in [0.717, 1.165) is 13.1 Å². The molecule has 2 rings (SSSR count). The highest BCUT2D eigenvalue weighted by Gasteiger charge is 2.30. The predicted octanol–water partition coefficient (Wildman–Crippen LogP) is 2.12. The molecule has 2 atom stereocenters. The van der Waals surface area contributed by atoms with E-state index in [1.165, 1.54) is 24.3 Å². The Labute approximate surface area is 179 Å². The quantitative estimate of drug-likeness (QED) is 0.607. The second kappa shape index (κ2) is 10.7. The van der Waals surface area contributed by atoms with Gasteiger partial charge in [-0.2, -0.15) is 4.72 Å². The lowest BCUT2D eigenvalue weighted by Crippen LogP contribution is -2.55. The van der Waals surface area contributed by atoms with E-state index in [0.29, 0.717) is 30.7 Å². The van der Waals surface area contributed by atoms with Crippen LogP contribution in [0, 0.1) is 11.8 Å². The predicted molar refractivity (Wildman–Crippen MR) is 114 cm³/mol. The minimum atomic E-state index is -3.84. The number of rotatable bonds is 9. The molecule has 1 heterocycles. The summed E-state index contributed by atoms with van der Waals surface area (Å²) in [6, 6.07) is 5.17. The van der Waals surface area contributed by atoms with Crippen molar-refractivity contribution in [2.45, 2.75) is 44.7 Å². The van der Waals surface area contributed by atoms with Crippen molar-refractivity contribution < 1.29 is 17.9 Å². The smallest absolute Gasteiger partial charge is 0.241 e. The Bertz CT molecular complexity index is 762. The second-order valence-electron chi connectivity index (χ2n) is 8.00. The molecule has 1 aromatic rings. The molecule has 1 aliphatic heterocycles. The Morgan fingerprint density at radius 2 is 1.69 bits per heavy atom. The number of hydrogen-bond donors (Lipinski definition) is 2. The van der Waals surface area contributed by atoms with Crippen molar-refractivity contribution in [1.29, 1.82) is 0 Å². The summed E-state index contributed by atoms with van der Waals surface area (Å²) in [4.78, 5) is 15.2. The van der Waals surface area contributed by atoms with Crippen LogP contribution in [0.1, 0.15) is 27.7 Å². The molecular formula is C20H32ClN3O4S. The number of amides is 1. The van der Waals surface area contributed by atoms with Crippen LogP contribution in [-0.2, 0) is 19.6 Å². The van der Waals surface area contributed by atoms with E-state index in [4.69, 9.17) is 16.3 Å². The highest BCUT2D eigenvalue weighted by molar-refractivity contribution is 7.89. The first-order valence-electron chi connectivity index (χ1n) is 9.99. The Kier molecular flexibility index (Phi) is 8.91. The van der Waals surface area contributed by atoms with Gasteiger partial charge in [0.25, 0.3) is 0 Å². The fourth-order valence-corrected chi connectivity index (χ4v) is 4.82. The maximum atomic E-state index is 12.9. The largest absolute Gasteiger partial charge is 0.379 e. The van der Waals surface area contributed by atoms with E-state index in [9.17, 15) is 13.2 Å². The Balaban J connectivity index is 2.05. The zero-order chi connectivity index (χ0) is 21.6. The van der Waals surface area contributed by atoms with Crippen molar-refractivity contribution in [3.63, 3.8) is 0 Å². The van der Waals surface area contributed by atoms with Crippen LogP contribution in [-0.4, -0.2) is 64.2 Å². The average Bonchev–Trinajstić information content (AvgIpc) is 2.67. The fourth-order valence-electron chi connectivity index (χ4n) is 3.35. The van der Waals surface area contributed by atoms with Gasteiger partial charge in [-0.25, -0.2) is 8.42 Å². The monoisotopic (exact) mass is 445 g/mol. The summed E-state index contributed by atoms with van der Waals surface area (Å²) < 4.78 is 33.4. The molecular weight excluding hydrogens is 414 g/mol. The van der Waals surface area contributed by atoms with Gasteiger partial charge < -0.3 is 10.1 Å². The van der Waals surface area contributed by atoms with Gasteiger partial charge in [0.15, 0.2) is 0 Å². The maximum absolute atomic E-state index is 12.9. The molecule has 0 bridgehead atoms. The van der Waals surface area contributed by atoms with Crippen molar-refractivity contribution >= 4 is 27.5 Å². The van der Waals surface area contributed by atoms with Gasteiger partial charge >= 0.3 is 0 Å². The molecule has 0 unspecified atom stereocenters. The Hall–Kier alpha value is -1.19. The highest BCUT2D eigenvalue weighted by atomic mass is 35.5. The third-order valence-corrected chi connectivity index (χ3v) is 6.83. The van der Waals surface area contributed by atoms with Crippen molar-refractivity contribution in [1.82, 2.24) is 14.9 Å². The molecule has 0 spiro atoms. The number of morpholine rings is 1. The van der Waals surface area contributed by atoms with Crippen LogP contribution in [0.5, 0.6) is 0 Å². The van der Waals surface area contributed by atoms with Crippen molar-refractivity contribution in [3.8, 4) is 0 Å². The molecule has 2 N–H and O–H groups in total. The first-order chi connectivity index (χ1) is 13.6. The Morgan fingerprint density at radius 3 is 2.21 bits per heavy atom. The number of nitrogens with zero attached hydrogens (tertiary/aromatic N) is 1. The number of sulfonamides is 1. The van der Waals surface area contributed by atoms with Gasteiger partial charge in [0.2, 0.25) is 15.9 Å². The molecule has 0 aliphatic carbocycles. The number of ether oxygens (including phenoxy) is 1. The van der Waals surface area contributed by atoms with E-state index in [1.54, 1.807) is 0 Å². The number of hydrogen-bond acceptors (Lipinski definition) is 5. The number of benzene rings is 1. The summed E-state index contributed by atoms with van der Waals surface area (Å²) in [6.45, 7) is 11.4. The second-order valence-corrected chi connectivity index (χ2v) is 10.2. The van der Waals surface area contributed by atoms with E-state index < -0.39 is 16.1 Å². The minimum Gasteiger partial charge on any atom is -0.379 e. The van der Waals surface area contributed by atoms with Gasteiger partial charge in [0.1, 0.15) is 6.04 Å². The van der Waals surface area contributed by atoms with Crippen molar-refractivity contribution in [3.05, 3.63) is 29.3 Å². The van der Waals surface area contributed by atoms with Gasteiger partial charge in [-0.05, 0) is 36.1 Å². The van der Waals surface area contributed by atoms with Gasteiger partial charge in [0.05, 0.1) is 18.1 Å². The number of nitrogens with one attached hydrogen (secondary N) is 2. The molecule has 7 nitrogen and oxygen atoms in total. The summed E-state index contributed by atoms with van der Waals surface area (Å²) in [5.41, 5.74) is 0. The molecule has 0 radical (unpaired) electrons. The van der Waals surface area contributed by atoms with Crippen LogP contribution in [0.4, 0.5) is 0 Å². The minimum absolute atomic E-state index is 0.0775. The summed E-state index contributed by atoms with van der Waals surface area (Å²) in [5, 5.41) is 3.41. The number of carbonyl (C=O) groups excluding carboxylic acids is 1.